The molecule has 2 N–H and O–H groups in total. The summed E-state index contributed by atoms with van der Waals surface area (Å²) in [5, 5.41) is 12.4. The Morgan fingerprint density at radius 2 is 2.00 bits per heavy atom. The predicted molar refractivity (Wildman–Crippen MR) is 67.4 cm³/mol. The summed E-state index contributed by atoms with van der Waals surface area (Å²) in [4.78, 5) is 11.9. The fourth-order valence-corrected chi connectivity index (χ4v) is 2.44. The molecule has 1 fully saturated rings. The monoisotopic (exact) mass is 271 g/mol. The molecular formula is C13H15ClFNO2. The summed E-state index contributed by atoms with van der Waals surface area (Å²) in [5.74, 6) is -1.61. The van der Waals surface area contributed by atoms with Crippen molar-refractivity contribution in [2.24, 2.45) is 0 Å². The molecule has 3 nitrogen and oxygen atoms in total. The Morgan fingerprint density at radius 1 is 1.33 bits per heavy atom. The maximum Gasteiger partial charge on any atom is 0.258 e. The number of halogens is 2. The fraction of sp³-hybridized carbons (Fsp3) is 0.462. The Bertz CT molecular complexity index is 424. The highest BCUT2D eigenvalue weighted by Crippen LogP contribution is 2.24. The number of carbonyl (C=O) groups is 1. The lowest BCUT2D eigenvalue weighted by molar-refractivity contribution is 0.0921. The minimum atomic E-state index is -0.710. The normalized spacial score (nSPS) is 23.7. The van der Waals surface area contributed by atoms with E-state index in [1.165, 1.54) is 12.1 Å². The third kappa shape index (κ3) is 2.93. The zero-order valence-corrected chi connectivity index (χ0v) is 10.6. The summed E-state index contributed by atoms with van der Waals surface area (Å²) in [5.41, 5.74) is -0.287. The second-order valence-electron chi connectivity index (χ2n) is 4.56. The minimum Gasteiger partial charge on any atom is -0.507 e. The molecular weight excluding hydrogens is 257 g/mol. The molecule has 1 saturated carbocycles. The van der Waals surface area contributed by atoms with E-state index in [9.17, 15) is 14.3 Å². The lowest BCUT2D eigenvalue weighted by Gasteiger charge is -2.25. The van der Waals surface area contributed by atoms with Crippen molar-refractivity contribution in [3.05, 3.63) is 29.6 Å². The summed E-state index contributed by atoms with van der Waals surface area (Å²) >= 11 is 5.97. The zero-order chi connectivity index (χ0) is 13.1. The van der Waals surface area contributed by atoms with E-state index in [4.69, 9.17) is 11.6 Å². The molecule has 98 valence electrons. The lowest BCUT2D eigenvalue weighted by atomic mass is 9.95. The van der Waals surface area contributed by atoms with Gasteiger partial charge in [0.2, 0.25) is 0 Å². The average Bonchev–Trinajstić information content (AvgIpc) is 2.32. The van der Waals surface area contributed by atoms with Crippen molar-refractivity contribution in [2.45, 2.75) is 37.1 Å². The van der Waals surface area contributed by atoms with Gasteiger partial charge in [-0.05, 0) is 37.8 Å². The average molecular weight is 272 g/mol. The number of hydrogen-bond acceptors (Lipinski definition) is 2. The second kappa shape index (κ2) is 5.57. The van der Waals surface area contributed by atoms with Crippen molar-refractivity contribution in [3.63, 3.8) is 0 Å². The van der Waals surface area contributed by atoms with E-state index in [1.54, 1.807) is 0 Å². The number of nitrogens with one attached hydrogen (secondary N) is 1. The van der Waals surface area contributed by atoms with Crippen LogP contribution < -0.4 is 5.32 Å². The molecule has 0 spiro atoms. The number of alkyl halides is 1. The number of amides is 1. The van der Waals surface area contributed by atoms with Crippen molar-refractivity contribution < 1.29 is 14.3 Å². The van der Waals surface area contributed by atoms with Crippen LogP contribution in [0.4, 0.5) is 4.39 Å². The second-order valence-corrected chi connectivity index (χ2v) is 5.17. The number of phenolic OH excluding ortho intramolecular Hbond substituents is 1. The van der Waals surface area contributed by atoms with Gasteiger partial charge < -0.3 is 10.4 Å². The molecule has 1 aliphatic carbocycles. The largest absolute Gasteiger partial charge is 0.507 e. The molecule has 0 aromatic heterocycles. The van der Waals surface area contributed by atoms with Gasteiger partial charge in [0, 0.05) is 11.4 Å². The van der Waals surface area contributed by atoms with Gasteiger partial charge in [-0.1, -0.05) is 6.07 Å². The first-order valence-corrected chi connectivity index (χ1v) is 6.44. The molecule has 0 heterocycles. The highest BCUT2D eigenvalue weighted by Gasteiger charge is 2.23. The van der Waals surface area contributed by atoms with Gasteiger partial charge in [-0.2, -0.15) is 0 Å². The third-order valence-electron chi connectivity index (χ3n) is 3.21. The number of hydrogen-bond donors (Lipinski definition) is 2. The van der Waals surface area contributed by atoms with Crippen LogP contribution in [0.25, 0.3) is 0 Å². The van der Waals surface area contributed by atoms with E-state index in [0.29, 0.717) is 0 Å². The summed E-state index contributed by atoms with van der Waals surface area (Å²) in [6.45, 7) is 0. The highest BCUT2D eigenvalue weighted by molar-refractivity contribution is 6.20. The molecule has 0 aliphatic heterocycles. The first kappa shape index (κ1) is 13.1. The first-order valence-electron chi connectivity index (χ1n) is 6.00. The smallest absolute Gasteiger partial charge is 0.258 e. The van der Waals surface area contributed by atoms with Gasteiger partial charge in [0.25, 0.3) is 5.91 Å². The lowest BCUT2D eigenvalue weighted by Crippen LogP contribution is -2.38. The molecule has 18 heavy (non-hydrogen) atoms. The topological polar surface area (TPSA) is 49.3 Å². The molecule has 0 bridgehead atoms. The Kier molecular flexibility index (Phi) is 4.07. The summed E-state index contributed by atoms with van der Waals surface area (Å²) in [6, 6.07) is 3.82. The van der Waals surface area contributed by atoms with Crippen molar-refractivity contribution in [3.8, 4) is 5.75 Å². The molecule has 0 atom stereocenters. The third-order valence-corrected chi connectivity index (χ3v) is 3.65. The Labute approximate surface area is 110 Å². The molecule has 1 aliphatic rings. The van der Waals surface area contributed by atoms with Crippen LogP contribution in [-0.4, -0.2) is 22.4 Å². The van der Waals surface area contributed by atoms with Crippen LogP contribution in [-0.2, 0) is 0 Å². The van der Waals surface area contributed by atoms with E-state index < -0.39 is 11.7 Å². The van der Waals surface area contributed by atoms with Crippen LogP contribution in [0.15, 0.2) is 18.2 Å². The van der Waals surface area contributed by atoms with Gasteiger partial charge >= 0.3 is 0 Å². The maximum atomic E-state index is 13.5. The summed E-state index contributed by atoms with van der Waals surface area (Å²) in [7, 11) is 0. The van der Waals surface area contributed by atoms with E-state index in [0.717, 1.165) is 31.7 Å². The molecule has 0 radical (unpaired) electrons. The summed E-state index contributed by atoms with van der Waals surface area (Å²) in [6.07, 6.45) is 3.26. The molecule has 2 rings (SSSR count). The molecule has 1 amide bonds. The van der Waals surface area contributed by atoms with Crippen molar-refractivity contribution in [2.75, 3.05) is 0 Å². The van der Waals surface area contributed by atoms with Crippen molar-refractivity contribution in [1.82, 2.24) is 5.32 Å². The van der Waals surface area contributed by atoms with Gasteiger partial charge in [0.05, 0.1) is 0 Å². The number of phenols is 1. The number of rotatable bonds is 2. The van der Waals surface area contributed by atoms with Crippen LogP contribution in [0.2, 0.25) is 0 Å². The van der Waals surface area contributed by atoms with Crippen LogP contribution in [0.3, 0.4) is 0 Å². The molecule has 5 heteroatoms. The van der Waals surface area contributed by atoms with E-state index in [1.807, 2.05) is 0 Å². The first-order chi connectivity index (χ1) is 8.58. The van der Waals surface area contributed by atoms with Crippen molar-refractivity contribution in [1.29, 1.82) is 0 Å². The predicted octanol–water partition coefficient (Wildman–Crippen LogP) is 2.81. The minimum absolute atomic E-state index is 0.00602. The number of carbonyl (C=O) groups excluding carboxylic acids is 1. The van der Waals surface area contributed by atoms with E-state index in [2.05, 4.69) is 5.32 Å². The molecule has 1 aromatic carbocycles. The van der Waals surface area contributed by atoms with Crippen molar-refractivity contribution >= 4 is 17.5 Å². The molecule has 0 unspecified atom stereocenters. The molecule has 1 aromatic rings. The van der Waals surface area contributed by atoms with Gasteiger partial charge in [0.1, 0.15) is 17.1 Å². The maximum absolute atomic E-state index is 13.5. The van der Waals surface area contributed by atoms with Gasteiger partial charge in [-0.3, -0.25) is 4.79 Å². The Balaban J connectivity index is 2.04. The van der Waals surface area contributed by atoms with Gasteiger partial charge in [-0.25, -0.2) is 4.39 Å². The van der Waals surface area contributed by atoms with Crippen LogP contribution in [0.5, 0.6) is 5.75 Å². The Hall–Kier alpha value is -1.29. The van der Waals surface area contributed by atoms with Crippen LogP contribution in [0.1, 0.15) is 36.0 Å². The summed E-state index contributed by atoms with van der Waals surface area (Å²) < 4.78 is 13.5. The SMILES string of the molecule is O=C(NC1CCC(Cl)CC1)c1c(O)cccc1F. The highest BCUT2D eigenvalue weighted by atomic mass is 35.5. The number of aromatic hydroxyl groups is 1. The standard InChI is InChI=1S/C13H15ClFNO2/c14-8-4-6-9(7-5-8)16-13(18)12-10(15)2-1-3-11(12)17/h1-3,8-9,17H,4-7H2,(H,16,18). The fourth-order valence-electron chi connectivity index (χ4n) is 2.19. The number of benzene rings is 1. The van der Waals surface area contributed by atoms with Crippen LogP contribution in [0, 0.1) is 5.82 Å². The van der Waals surface area contributed by atoms with E-state index >= 15 is 0 Å². The van der Waals surface area contributed by atoms with Crippen LogP contribution >= 0.6 is 11.6 Å². The zero-order valence-electron chi connectivity index (χ0n) is 9.83. The molecule has 0 saturated heterocycles. The Morgan fingerprint density at radius 3 is 2.61 bits per heavy atom. The van der Waals surface area contributed by atoms with Gasteiger partial charge in [0.15, 0.2) is 0 Å². The van der Waals surface area contributed by atoms with Gasteiger partial charge in [-0.15, -0.1) is 11.6 Å². The quantitative estimate of drug-likeness (QED) is 0.813. The van der Waals surface area contributed by atoms with E-state index in [-0.39, 0.29) is 22.7 Å².